The minimum atomic E-state index is -3.02. The molecule has 1 N–H and O–H groups in total. The summed E-state index contributed by atoms with van der Waals surface area (Å²) in [6.07, 6.45) is 3.98. The summed E-state index contributed by atoms with van der Waals surface area (Å²) in [4.78, 5) is 0. The molecular formula is C13H28N2O3S. The van der Waals surface area contributed by atoms with Gasteiger partial charge in [0.15, 0.2) is 0 Å². The molecule has 1 fully saturated rings. The monoisotopic (exact) mass is 292 g/mol. The van der Waals surface area contributed by atoms with Crippen LogP contribution in [0.5, 0.6) is 0 Å². The lowest BCUT2D eigenvalue weighted by atomic mass is 9.98. The lowest BCUT2D eigenvalue weighted by molar-refractivity contribution is 0.00720. The highest BCUT2D eigenvalue weighted by atomic mass is 32.2. The second-order valence-corrected chi connectivity index (χ2v) is 8.15. The van der Waals surface area contributed by atoms with Gasteiger partial charge >= 0.3 is 0 Å². The molecule has 1 saturated heterocycles. The van der Waals surface area contributed by atoms with Crippen molar-refractivity contribution >= 4 is 10.0 Å². The van der Waals surface area contributed by atoms with Crippen molar-refractivity contribution in [2.24, 2.45) is 0 Å². The van der Waals surface area contributed by atoms with E-state index in [1.165, 1.54) is 6.26 Å². The Hall–Kier alpha value is -0.170. The molecule has 0 aromatic carbocycles. The van der Waals surface area contributed by atoms with Gasteiger partial charge in [-0.15, -0.1) is 0 Å². The van der Waals surface area contributed by atoms with E-state index in [1.54, 1.807) is 11.4 Å². The largest absolute Gasteiger partial charge is 0.379 e. The smallest absolute Gasteiger partial charge is 0.211 e. The predicted molar refractivity (Wildman–Crippen MR) is 77.7 cm³/mol. The Kier molecular flexibility index (Phi) is 5.79. The van der Waals surface area contributed by atoms with E-state index in [0.29, 0.717) is 25.2 Å². The number of hydrogen-bond donors (Lipinski definition) is 1. The van der Waals surface area contributed by atoms with Crippen molar-refractivity contribution in [3.63, 3.8) is 0 Å². The molecule has 0 radical (unpaired) electrons. The Morgan fingerprint density at radius 2 is 1.89 bits per heavy atom. The summed E-state index contributed by atoms with van der Waals surface area (Å²) in [7, 11) is -1.29. The second-order valence-electron chi connectivity index (χ2n) is 6.17. The minimum absolute atomic E-state index is 0.125. The van der Waals surface area contributed by atoms with Crippen LogP contribution in [0.3, 0.4) is 0 Å². The van der Waals surface area contributed by atoms with E-state index in [2.05, 4.69) is 26.1 Å². The number of ether oxygens (including phenoxy) is 1. The molecule has 114 valence electrons. The lowest BCUT2D eigenvalue weighted by Crippen LogP contribution is -2.48. The van der Waals surface area contributed by atoms with Gasteiger partial charge in [-0.2, -0.15) is 0 Å². The van der Waals surface area contributed by atoms with Crippen LogP contribution in [0.4, 0.5) is 0 Å². The second kappa shape index (κ2) is 6.52. The molecule has 5 nitrogen and oxygen atoms in total. The van der Waals surface area contributed by atoms with E-state index >= 15 is 0 Å². The van der Waals surface area contributed by atoms with Crippen LogP contribution < -0.4 is 5.32 Å². The van der Waals surface area contributed by atoms with Crippen molar-refractivity contribution in [1.82, 2.24) is 9.62 Å². The Morgan fingerprint density at radius 1 is 1.37 bits per heavy atom. The summed E-state index contributed by atoms with van der Waals surface area (Å²) in [5.41, 5.74) is -0.125. The zero-order chi connectivity index (χ0) is 14.7. The Balaban J connectivity index is 2.37. The maximum absolute atomic E-state index is 11.4. The number of piperidine rings is 1. The van der Waals surface area contributed by atoms with Gasteiger partial charge < -0.3 is 10.1 Å². The predicted octanol–water partition coefficient (Wildman–Crippen LogP) is 1.20. The molecule has 1 atom stereocenters. The molecule has 1 unspecified atom stereocenters. The Morgan fingerprint density at radius 3 is 2.32 bits per heavy atom. The highest BCUT2D eigenvalue weighted by Gasteiger charge is 2.27. The zero-order valence-electron chi connectivity index (χ0n) is 12.8. The van der Waals surface area contributed by atoms with Crippen LogP contribution in [0.25, 0.3) is 0 Å². The first-order valence-corrected chi connectivity index (χ1v) is 8.75. The van der Waals surface area contributed by atoms with Gasteiger partial charge in [-0.3, -0.25) is 0 Å². The third kappa shape index (κ3) is 5.77. The van der Waals surface area contributed by atoms with Crippen molar-refractivity contribution in [1.29, 1.82) is 0 Å². The minimum Gasteiger partial charge on any atom is -0.379 e. The van der Waals surface area contributed by atoms with Gasteiger partial charge in [-0.1, -0.05) is 0 Å². The Bertz CT molecular complexity index is 373. The Labute approximate surface area is 117 Å². The van der Waals surface area contributed by atoms with Crippen LogP contribution in [-0.4, -0.2) is 56.9 Å². The van der Waals surface area contributed by atoms with Crippen LogP contribution in [0, 0.1) is 0 Å². The number of nitrogens with one attached hydrogen (secondary N) is 1. The summed E-state index contributed by atoms with van der Waals surface area (Å²) in [5, 5.41) is 3.58. The first kappa shape index (κ1) is 16.9. The molecule has 0 spiro atoms. The third-order valence-electron chi connectivity index (χ3n) is 3.79. The lowest BCUT2D eigenvalue weighted by Gasteiger charge is -2.34. The number of nitrogens with zero attached hydrogens (tertiary/aromatic N) is 1. The summed E-state index contributed by atoms with van der Waals surface area (Å²) < 4.78 is 29.9. The molecule has 0 saturated carbocycles. The molecular weight excluding hydrogens is 264 g/mol. The molecule has 19 heavy (non-hydrogen) atoms. The maximum atomic E-state index is 11.4. The third-order valence-corrected chi connectivity index (χ3v) is 5.10. The highest BCUT2D eigenvalue weighted by Crippen LogP contribution is 2.18. The molecule has 6 heteroatoms. The molecule has 1 aliphatic rings. The van der Waals surface area contributed by atoms with Gasteiger partial charge in [0.1, 0.15) is 0 Å². The summed E-state index contributed by atoms with van der Waals surface area (Å²) in [6, 6.07) is 0.769. The van der Waals surface area contributed by atoms with Crippen LogP contribution in [0.15, 0.2) is 0 Å². The van der Waals surface area contributed by atoms with Gasteiger partial charge in [0.05, 0.1) is 11.9 Å². The molecule has 1 heterocycles. The fourth-order valence-corrected chi connectivity index (χ4v) is 3.51. The maximum Gasteiger partial charge on any atom is 0.211 e. The SMILES string of the molecule is COC(C)(C)CC(C)NC1CCN(S(C)(=O)=O)CC1. The van der Waals surface area contributed by atoms with E-state index < -0.39 is 10.0 Å². The summed E-state index contributed by atoms with van der Waals surface area (Å²) in [6.45, 7) is 7.56. The normalized spacial score (nSPS) is 21.5. The number of sulfonamides is 1. The standard InChI is InChI=1S/C13H28N2O3S/c1-11(10-13(2,3)18-4)14-12-6-8-15(9-7-12)19(5,16)17/h11-12,14H,6-10H2,1-5H3. The quantitative estimate of drug-likeness (QED) is 0.799. The van der Waals surface area contributed by atoms with Crippen LogP contribution in [0.2, 0.25) is 0 Å². The van der Waals surface area contributed by atoms with E-state index in [9.17, 15) is 8.42 Å². The van der Waals surface area contributed by atoms with Gasteiger partial charge in [0.25, 0.3) is 0 Å². The van der Waals surface area contributed by atoms with Crippen molar-refractivity contribution in [2.75, 3.05) is 26.5 Å². The topological polar surface area (TPSA) is 58.6 Å². The van der Waals surface area contributed by atoms with Crippen molar-refractivity contribution in [3.05, 3.63) is 0 Å². The first-order valence-electron chi connectivity index (χ1n) is 6.90. The van der Waals surface area contributed by atoms with Crippen molar-refractivity contribution in [2.45, 2.75) is 57.7 Å². The first-order chi connectivity index (χ1) is 8.64. The van der Waals surface area contributed by atoms with Gasteiger partial charge in [-0.25, -0.2) is 12.7 Å². The average Bonchev–Trinajstić information content (AvgIpc) is 2.27. The van der Waals surface area contributed by atoms with Crippen molar-refractivity contribution < 1.29 is 13.2 Å². The molecule has 0 bridgehead atoms. The fourth-order valence-electron chi connectivity index (χ4n) is 2.64. The molecule has 1 rings (SSSR count). The van der Waals surface area contributed by atoms with Crippen LogP contribution in [0.1, 0.15) is 40.0 Å². The highest BCUT2D eigenvalue weighted by molar-refractivity contribution is 7.88. The average molecular weight is 292 g/mol. The summed E-state index contributed by atoms with van der Waals surface area (Å²) >= 11 is 0. The van der Waals surface area contributed by atoms with E-state index in [1.807, 2.05) is 0 Å². The number of hydrogen-bond acceptors (Lipinski definition) is 4. The molecule has 0 aromatic rings. The van der Waals surface area contributed by atoms with Crippen LogP contribution in [-0.2, 0) is 14.8 Å². The van der Waals surface area contributed by atoms with Gasteiger partial charge in [0, 0.05) is 32.3 Å². The van der Waals surface area contributed by atoms with E-state index in [-0.39, 0.29) is 5.60 Å². The number of rotatable bonds is 6. The zero-order valence-corrected chi connectivity index (χ0v) is 13.6. The van der Waals surface area contributed by atoms with Crippen LogP contribution >= 0.6 is 0 Å². The summed E-state index contributed by atoms with van der Waals surface area (Å²) in [5.74, 6) is 0. The van der Waals surface area contributed by atoms with E-state index in [0.717, 1.165) is 19.3 Å². The molecule has 0 aromatic heterocycles. The van der Waals surface area contributed by atoms with Gasteiger partial charge in [-0.05, 0) is 40.0 Å². The van der Waals surface area contributed by atoms with E-state index in [4.69, 9.17) is 4.74 Å². The molecule has 1 aliphatic heterocycles. The molecule has 0 amide bonds. The molecule has 0 aliphatic carbocycles. The fraction of sp³-hybridized carbons (Fsp3) is 1.00. The number of methoxy groups -OCH3 is 1. The van der Waals surface area contributed by atoms with Crippen molar-refractivity contribution in [3.8, 4) is 0 Å². The van der Waals surface area contributed by atoms with Gasteiger partial charge in [0.2, 0.25) is 10.0 Å².